The first-order valence-electron chi connectivity index (χ1n) is 7.77. The van der Waals surface area contributed by atoms with Gasteiger partial charge >= 0.3 is 0 Å². The van der Waals surface area contributed by atoms with Gasteiger partial charge in [0, 0.05) is 23.7 Å². The molecule has 3 aromatic rings. The average molecular weight is 337 g/mol. The summed E-state index contributed by atoms with van der Waals surface area (Å²) in [6.45, 7) is -0.174. The van der Waals surface area contributed by atoms with Crippen LogP contribution in [0.4, 0.5) is 4.39 Å². The number of hydrogen-bond donors (Lipinski definition) is 1. The molecule has 1 heterocycles. The van der Waals surface area contributed by atoms with Crippen LogP contribution in [-0.2, 0) is 17.9 Å². The van der Waals surface area contributed by atoms with Gasteiger partial charge in [-0.1, -0.05) is 48.5 Å². The van der Waals surface area contributed by atoms with Crippen LogP contribution in [-0.4, -0.2) is 15.7 Å². The minimum Gasteiger partial charge on any atom is -0.350 e. The Hall–Kier alpha value is -3.28. The number of halogens is 1. The first-order chi connectivity index (χ1) is 12.1. The van der Waals surface area contributed by atoms with Crippen LogP contribution < -0.4 is 10.9 Å². The number of nitrogens with zero attached hydrogens (tertiary/aromatic N) is 2. The third-order valence-electron chi connectivity index (χ3n) is 3.66. The zero-order valence-electron chi connectivity index (χ0n) is 13.4. The maximum Gasteiger partial charge on any atom is 0.267 e. The second-order valence-corrected chi connectivity index (χ2v) is 5.45. The molecule has 3 rings (SSSR count). The summed E-state index contributed by atoms with van der Waals surface area (Å²) >= 11 is 0. The highest BCUT2D eigenvalue weighted by Crippen LogP contribution is 2.13. The molecule has 6 heteroatoms. The molecule has 0 saturated heterocycles. The lowest BCUT2D eigenvalue weighted by atomic mass is 10.1. The Morgan fingerprint density at radius 1 is 1.00 bits per heavy atom. The highest BCUT2D eigenvalue weighted by molar-refractivity contribution is 5.75. The molecular formula is C19H16FN3O2. The third kappa shape index (κ3) is 4.17. The molecule has 5 nitrogen and oxygen atoms in total. The van der Waals surface area contributed by atoms with Crippen molar-refractivity contribution < 1.29 is 9.18 Å². The summed E-state index contributed by atoms with van der Waals surface area (Å²) in [5.74, 6) is -0.799. The highest BCUT2D eigenvalue weighted by Gasteiger charge is 2.09. The molecule has 1 aromatic heterocycles. The molecule has 2 aromatic carbocycles. The van der Waals surface area contributed by atoms with Crippen molar-refractivity contribution in [3.05, 3.63) is 88.5 Å². The SMILES string of the molecule is O=C(Cn1nc(-c2ccccc2)ccc1=O)NCc1ccccc1F. The molecule has 0 aliphatic carbocycles. The van der Waals surface area contributed by atoms with E-state index < -0.39 is 5.91 Å². The number of carbonyl (C=O) groups excluding carboxylic acids is 1. The van der Waals surface area contributed by atoms with Gasteiger partial charge in [-0.3, -0.25) is 9.59 Å². The molecule has 126 valence electrons. The van der Waals surface area contributed by atoms with Crippen molar-refractivity contribution in [3.8, 4) is 11.3 Å². The van der Waals surface area contributed by atoms with Crippen molar-refractivity contribution in [1.29, 1.82) is 0 Å². The van der Waals surface area contributed by atoms with Gasteiger partial charge in [0.2, 0.25) is 5.91 Å². The molecule has 1 amide bonds. The van der Waals surface area contributed by atoms with Gasteiger partial charge in [-0.25, -0.2) is 9.07 Å². The lowest BCUT2D eigenvalue weighted by molar-refractivity contribution is -0.122. The fourth-order valence-corrected chi connectivity index (χ4v) is 2.35. The quantitative estimate of drug-likeness (QED) is 0.777. The molecule has 1 N–H and O–H groups in total. The maximum absolute atomic E-state index is 13.6. The largest absolute Gasteiger partial charge is 0.350 e. The zero-order chi connectivity index (χ0) is 17.6. The van der Waals surface area contributed by atoms with E-state index in [0.29, 0.717) is 11.3 Å². The normalized spacial score (nSPS) is 10.4. The summed E-state index contributed by atoms with van der Waals surface area (Å²) in [7, 11) is 0. The smallest absolute Gasteiger partial charge is 0.267 e. The summed E-state index contributed by atoms with van der Waals surface area (Å²) in [6, 6.07) is 18.6. The number of rotatable bonds is 5. The predicted molar refractivity (Wildman–Crippen MR) is 92.2 cm³/mol. The Kier molecular flexibility index (Phi) is 4.99. The molecule has 0 spiro atoms. The fourth-order valence-electron chi connectivity index (χ4n) is 2.35. The van der Waals surface area contributed by atoms with Crippen LogP contribution in [0, 0.1) is 5.82 Å². The van der Waals surface area contributed by atoms with Crippen molar-refractivity contribution in [2.75, 3.05) is 0 Å². The fraction of sp³-hybridized carbons (Fsp3) is 0.105. The first kappa shape index (κ1) is 16.6. The highest BCUT2D eigenvalue weighted by atomic mass is 19.1. The number of aromatic nitrogens is 2. The van der Waals surface area contributed by atoms with E-state index in [-0.39, 0.29) is 24.5 Å². The van der Waals surface area contributed by atoms with Gasteiger partial charge in [-0.15, -0.1) is 0 Å². The Bertz CT molecular complexity index is 939. The summed E-state index contributed by atoms with van der Waals surface area (Å²) in [6.07, 6.45) is 0. The molecule has 0 aliphatic heterocycles. The summed E-state index contributed by atoms with van der Waals surface area (Å²) in [5.41, 5.74) is 1.46. The molecule has 0 bridgehead atoms. The minimum atomic E-state index is -0.414. The van der Waals surface area contributed by atoms with Crippen LogP contribution in [0.2, 0.25) is 0 Å². The minimum absolute atomic E-state index is 0.0542. The van der Waals surface area contributed by atoms with Crippen molar-refractivity contribution in [2.45, 2.75) is 13.1 Å². The van der Waals surface area contributed by atoms with E-state index in [0.717, 1.165) is 10.2 Å². The van der Waals surface area contributed by atoms with E-state index in [4.69, 9.17) is 0 Å². The Morgan fingerprint density at radius 3 is 2.48 bits per heavy atom. The van der Waals surface area contributed by atoms with Gasteiger partial charge < -0.3 is 5.32 Å². The van der Waals surface area contributed by atoms with Gasteiger partial charge in [0.25, 0.3) is 5.56 Å². The Balaban J connectivity index is 1.71. The first-order valence-corrected chi connectivity index (χ1v) is 7.77. The zero-order valence-corrected chi connectivity index (χ0v) is 13.4. The van der Waals surface area contributed by atoms with Crippen molar-refractivity contribution in [2.24, 2.45) is 0 Å². The van der Waals surface area contributed by atoms with Crippen molar-refractivity contribution in [3.63, 3.8) is 0 Å². The standard InChI is InChI=1S/C19H16FN3O2/c20-16-9-5-4-8-15(16)12-21-18(24)13-23-19(25)11-10-17(22-23)14-6-2-1-3-7-14/h1-11H,12-13H2,(H,21,24). The van der Waals surface area contributed by atoms with E-state index in [1.807, 2.05) is 30.3 Å². The topological polar surface area (TPSA) is 64.0 Å². The van der Waals surface area contributed by atoms with E-state index >= 15 is 0 Å². The second-order valence-electron chi connectivity index (χ2n) is 5.45. The van der Waals surface area contributed by atoms with Gasteiger partial charge in [0.1, 0.15) is 12.4 Å². The number of hydrogen-bond acceptors (Lipinski definition) is 3. The number of carbonyl (C=O) groups is 1. The van der Waals surface area contributed by atoms with Gasteiger partial charge in [0.05, 0.1) is 5.69 Å². The lowest BCUT2D eigenvalue weighted by Crippen LogP contribution is -2.33. The molecule has 0 aliphatic rings. The third-order valence-corrected chi connectivity index (χ3v) is 3.66. The van der Waals surface area contributed by atoms with Gasteiger partial charge in [-0.2, -0.15) is 5.10 Å². The van der Waals surface area contributed by atoms with E-state index in [2.05, 4.69) is 10.4 Å². The predicted octanol–water partition coefficient (Wildman–Crippen LogP) is 2.37. The van der Waals surface area contributed by atoms with E-state index in [1.165, 1.54) is 12.1 Å². The second kappa shape index (κ2) is 7.53. The van der Waals surface area contributed by atoms with Crippen LogP contribution in [0.1, 0.15) is 5.56 Å². The Labute approximate surface area is 143 Å². The number of benzene rings is 2. The van der Waals surface area contributed by atoms with Crippen LogP contribution in [0.15, 0.2) is 71.5 Å². The molecule has 0 atom stereocenters. The molecule has 0 radical (unpaired) electrons. The lowest BCUT2D eigenvalue weighted by Gasteiger charge is -2.09. The number of amides is 1. The average Bonchev–Trinajstić information content (AvgIpc) is 2.63. The van der Waals surface area contributed by atoms with Crippen molar-refractivity contribution >= 4 is 5.91 Å². The molecule has 0 saturated carbocycles. The van der Waals surface area contributed by atoms with Crippen LogP contribution in [0.3, 0.4) is 0 Å². The monoisotopic (exact) mass is 337 g/mol. The summed E-state index contributed by atoms with van der Waals surface area (Å²) < 4.78 is 14.6. The number of nitrogens with one attached hydrogen (secondary N) is 1. The Morgan fingerprint density at radius 2 is 1.72 bits per heavy atom. The maximum atomic E-state index is 13.6. The van der Waals surface area contributed by atoms with Crippen molar-refractivity contribution in [1.82, 2.24) is 15.1 Å². The van der Waals surface area contributed by atoms with Crippen LogP contribution in [0.25, 0.3) is 11.3 Å². The molecule has 25 heavy (non-hydrogen) atoms. The molecular weight excluding hydrogens is 321 g/mol. The van der Waals surface area contributed by atoms with E-state index in [1.54, 1.807) is 24.3 Å². The molecule has 0 unspecified atom stereocenters. The summed E-state index contributed by atoms with van der Waals surface area (Å²) in [4.78, 5) is 24.0. The van der Waals surface area contributed by atoms with Crippen LogP contribution in [0.5, 0.6) is 0 Å². The van der Waals surface area contributed by atoms with Gasteiger partial charge in [-0.05, 0) is 12.1 Å². The molecule has 0 fully saturated rings. The van der Waals surface area contributed by atoms with E-state index in [9.17, 15) is 14.0 Å². The van der Waals surface area contributed by atoms with Crippen LogP contribution >= 0.6 is 0 Å². The summed E-state index contributed by atoms with van der Waals surface area (Å²) in [5, 5.41) is 6.82. The van der Waals surface area contributed by atoms with Gasteiger partial charge in [0.15, 0.2) is 0 Å².